The summed E-state index contributed by atoms with van der Waals surface area (Å²) in [5.41, 5.74) is 2.05. The Morgan fingerprint density at radius 3 is 2.48 bits per heavy atom. The zero-order valence-electron chi connectivity index (χ0n) is 13.1. The second kappa shape index (κ2) is 6.31. The molecule has 0 radical (unpaired) electrons. The molecule has 2 aromatic rings. The van der Waals surface area contributed by atoms with Crippen molar-refractivity contribution in [2.75, 3.05) is 13.7 Å². The minimum absolute atomic E-state index is 0.0235. The molecule has 1 N–H and O–H groups in total. The van der Waals surface area contributed by atoms with Gasteiger partial charge >= 0.3 is 0 Å². The van der Waals surface area contributed by atoms with Crippen LogP contribution in [0.4, 0.5) is 0 Å². The monoisotopic (exact) mass is 417 g/mol. The Hall–Kier alpha value is -0.520. The van der Waals surface area contributed by atoms with Crippen LogP contribution >= 0.6 is 31.9 Å². The predicted molar refractivity (Wildman–Crippen MR) is 94.2 cm³/mol. The van der Waals surface area contributed by atoms with Crippen LogP contribution < -0.4 is 10.1 Å². The Labute approximate surface area is 142 Å². The zero-order chi connectivity index (χ0) is 15.8. The van der Waals surface area contributed by atoms with E-state index < -0.39 is 0 Å². The van der Waals surface area contributed by atoms with Crippen LogP contribution in [0.15, 0.2) is 19.4 Å². The minimum atomic E-state index is -0.0235. The Morgan fingerprint density at radius 2 is 1.95 bits per heavy atom. The first-order valence-corrected chi connectivity index (χ1v) is 8.58. The summed E-state index contributed by atoms with van der Waals surface area (Å²) in [6.45, 7) is 10.3. The molecule has 5 heteroatoms. The average Bonchev–Trinajstić information content (AvgIpc) is 2.80. The van der Waals surface area contributed by atoms with Gasteiger partial charge in [0.2, 0.25) is 0 Å². The van der Waals surface area contributed by atoms with Crippen LogP contribution in [-0.2, 0) is 12.0 Å². The number of halogens is 2. The van der Waals surface area contributed by atoms with Gasteiger partial charge in [-0.1, -0.05) is 27.7 Å². The Morgan fingerprint density at radius 1 is 1.29 bits per heavy atom. The van der Waals surface area contributed by atoms with Gasteiger partial charge in [0.05, 0.1) is 22.6 Å². The van der Waals surface area contributed by atoms with Crippen LogP contribution in [0.3, 0.4) is 0 Å². The summed E-state index contributed by atoms with van der Waals surface area (Å²) in [5.74, 6) is 1.78. The van der Waals surface area contributed by atoms with E-state index in [2.05, 4.69) is 64.9 Å². The van der Waals surface area contributed by atoms with Crippen LogP contribution in [0.5, 0.6) is 5.75 Å². The molecule has 1 aromatic carbocycles. The number of nitrogens with one attached hydrogen (secondary N) is 1. The SMILES string of the molecule is CCNCc1oc2c(Br)cc(OC)c(Br)c2c1C(C)(C)C. The number of hydrogen-bond donors (Lipinski definition) is 1. The number of ether oxygens (including phenoxy) is 1. The van der Waals surface area contributed by atoms with Gasteiger partial charge in [-0.2, -0.15) is 0 Å². The van der Waals surface area contributed by atoms with Gasteiger partial charge in [0, 0.05) is 10.9 Å². The normalized spacial score (nSPS) is 12.1. The van der Waals surface area contributed by atoms with E-state index in [9.17, 15) is 0 Å². The first kappa shape index (κ1) is 16.8. The number of methoxy groups -OCH3 is 1. The molecule has 21 heavy (non-hydrogen) atoms. The summed E-state index contributed by atoms with van der Waals surface area (Å²) in [5, 5.41) is 4.43. The minimum Gasteiger partial charge on any atom is -0.496 e. The van der Waals surface area contributed by atoms with Gasteiger partial charge in [-0.15, -0.1) is 0 Å². The maximum Gasteiger partial charge on any atom is 0.150 e. The Balaban J connectivity index is 2.81. The van der Waals surface area contributed by atoms with Crippen molar-refractivity contribution in [2.45, 2.75) is 39.7 Å². The van der Waals surface area contributed by atoms with E-state index in [4.69, 9.17) is 9.15 Å². The van der Waals surface area contributed by atoms with Gasteiger partial charge < -0.3 is 14.5 Å². The van der Waals surface area contributed by atoms with E-state index in [1.807, 2.05) is 6.07 Å². The van der Waals surface area contributed by atoms with Crippen LogP contribution in [0.1, 0.15) is 39.0 Å². The van der Waals surface area contributed by atoms with Crippen LogP contribution in [0, 0.1) is 0 Å². The van der Waals surface area contributed by atoms with E-state index in [1.54, 1.807) is 7.11 Å². The molecule has 0 aliphatic heterocycles. The van der Waals surface area contributed by atoms with Crippen molar-refractivity contribution in [3.63, 3.8) is 0 Å². The largest absolute Gasteiger partial charge is 0.496 e. The molecule has 0 amide bonds. The summed E-state index contributed by atoms with van der Waals surface area (Å²) in [6, 6.07) is 1.93. The molecule has 0 fully saturated rings. The van der Waals surface area contributed by atoms with Crippen LogP contribution in [0.25, 0.3) is 11.0 Å². The molecule has 0 aliphatic carbocycles. The van der Waals surface area contributed by atoms with Crippen molar-refractivity contribution in [1.29, 1.82) is 0 Å². The molecule has 0 saturated carbocycles. The maximum absolute atomic E-state index is 6.14. The van der Waals surface area contributed by atoms with Crippen molar-refractivity contribution in [3.8, 4) is 5.75 Å². The third kappa shape index (κ3) is 3.15. The second-order valence-electron chi connectivity index (χ2n) is 6.01. The number of hydrogen-bond acceptors (Lipinski definition) is 3. The first-order chi connectivity index (χ1) is 9.81. The maximum atomic E-state index is 6.14. The molecule has 0 unspecified atom stereocenters. The molecule has 0 atom stereocenters. The van der Waals surface area contributed by atoms with Crippen molar-refractivity contribution in [3.05, 3.63) is 26.3 Å². The van der Waals surface area contributed by atoms with Crippen molar-refractivity contribution < 1.29 is 9.15 Å². The lowest BCUT2D eigenvalue weighted by molar-refractivity contribution is 0.412. The molecule has 116 valence electrons. The third-order valence-corrected chi connectivity index (χ3v) is 4.77. The lowest BCUT2D eigenvalue weighted by Gasteiger charge is -2.20. The molecule has 0 spiro atoms. The lowest BCUT2D eigenvalue weighted by atomic mass is 9.84. The third-order valence-electron chi connectivity index (χ3n) is 3.40. The van der Waals surface area contributed by atoms with Crippen LogP contribution in [0.2, 0.25) is 0 Å². The quantitative estimate of drug-likeness (QED) is 0.724. The fourth-order valence-electron chi connectivity index (χ4n) is 2.53. The number of fused-ring (bicyclic) bond motifs is 1. The first-order valence-electron chi connectivity index (χ1n) is 6.99. The van der Waals surface area contributed by atoms with E-state index in [0.717, 1.165) is 44.5 Å². The molecule has 3 nitrogen and oxygen atoms in total. The highest BCUT2D eigenvalue weighted by atomic mass is 79.9. The fraction of sp³-hybridized carbons (Fsp3) is 0.500. The van der Waals surface area contributed by atoms with Gasteiger partial charge in [0.1, 0.15) is 17.1 Å². The molecular formula is C16H21Br2NO2. The highest BCUT2D eigenvalue weighted by Crippen LogP contribution is 2.45. The van der Waals surface area contributed by atoms with Gasteiger partial charge in [-0.3, -0.25) is 0 Å². The van der Waals surface area contributed by atoms with Crippen molar-refractivity contribution >= 4 is 42.8 Å². The van der Waals surface area contributed by atoms with E-state index in [1.165, 1.54) is 5.56 Å². The molecular weight excluding hydrogens is 398 g/mol. The highest BCUT2D eigenvalue weighted by molar-refractivity contribution is 9.11. The van der Waals surface area contributed by atoms with Gasteiger partial charge in [0.15, 0.2) is 0 Å². The van der Waals surface area contributed by atoms with Gasteiger partial charge in [-0.05, 0) is 49.9 Å². The summed E-state index contributed by atoms with van der Waals surface area (Å²) < 4.78 is 13.5. The van der Waals surface area contributed by atoms with Gasteiger partial charge in [-0.25, -0.2) is 0 Å². The Kier molecular flexibility index (Phi) is 5.06. The summed E-state index contributed by atoms with van der Waals surface area (Å²) in [7, 11) is 1.68. The molecule has 1 aromatic heterocycles. The summed E-state index contributed by atoms with van der Waals surface area (Å²) >= 11 is 7.26. The van der Waals surface area contributed by atoms with Crippen molar-refractivity contribution in [1.82, 2.24) is 5.32 Å². The molecule has 0 aliphatic rings. The topological polar surface area (TPSA) is 34.4 Å². The number of benzene rings is 1. The molecule has 0 bridgehead atoms. The van der Waals surface area contributed by atoms with Gasteiger partial charge in [0.25, 0.3) is 0 Å². The Bertz CT molecular complexity index is 657. The summed E-state index contributed by atoms with van der Waals surface area (Å²) in [6.07, 6.45) is 0. The molecule has 0 saturated heterocycles. The van der Waals surface area contributed by atoms with Crippen LogP contribution in [-0.4, -0.2) is 13.7 Å². The zero-order valence-corrected chi connectivity index (χ0v) is 16.2. The smallest absolute Gasteiger partial charge is 0.150 e. The average molecular weight is 419 g/mol. The molecule has 1 heterocycles. The highest BCUT2D eigenvalue weighted by Gasteiger charge is 2.28. The molecule has 2 rings (SSSR count). The standard InChI is InChI=1S/C16H21Br2NO2/c1-6-19-8-11-13(16(2,3)4)12-14(18)10(20-5)7-9(17)15(12)21-11/h7,19H,6,8H2,1-5H3. The number of furan rings is 1. The predicted octanol–water partition coefficient (Wildman–Crippen LogP) is 5.37. The van der Waals surface area contributed by atoms with E-state index >= 15 is 0 Å². The van der Waals surface area contributed by atoms with E-state index in [-0.39, 0.29) is 5.41 Å². The lowest BCUT2D eigenvalue weighted by Crippen LogP contribution is -2.18. The second-order valence-corrected chi connectivity index (χ2v) is 7.66. The van der Waals surface area contributed by atoms with E-state index in [0.29, 0.717) is 0 Å². The van der Waals surface area contributed by atoms with Crippen molar-refractivity contribution in [2.24, 2.45) is 0 Å². The summed E-state index contributed by atoms with van der Waals surface area (Å²) in [4.78, 5) is 0. The number of rotatable bonds is 4. The fourth-order valence-corrected chi connectivity index (χ4v) is 3.67.